The molecule has 1 amide bonds. The Balaban J connectivity index is 1.78. The molecule has 0 atom stereocenters. The van der Waals surface area contributed by atoms with Gasteiger partial charge in [0.2, 0.25) is 0 Å². The van der Waals surface area contributed by atoms with Crippen molar-refractivity contribution in [2.24, 2.45) is 4.99 Å². The van der Waals surface area contributed by atoms with E-state index in [-0.39, 0.29) is 5.91 Å². The number of carbonyl (C=O) groups is 1. The molecule has 2 heterocycles. The molecular formula is C15H16N2O2S. The SMILES string of the molecule is COc1cccc(C=C2SC(N3CCCC3)=NC2=O)c1. The second-order valence-electron chi connectivity index (χ2n) is 4.78. The Kier molecular flexibility index (Phi) is 3.78. The van der Waals surface area contributed by atoms with Gasteiger partial charge in [0, 0.05) is 13.1 Å². The Hall–Kier alpha value is -1.75. The van der Waals surface area contributed by atoms with Crippen molar-refractivity contribution in [3.05, 3.63) is 34.7 Å². The van der Waals surface area contributed by atoms with Crippen LogP contribution in [0, 0.1) is 0 Å². The van der Waals surface area contributed by atoms with Crippen LogP contribution in [0.2, 0.25) is 0 Å². The number of methoxy groups -OCH3 is 1. The predicted molar refractivity (Wildman–Crippen MR) is 81.8 cm³/mol. The Morgan fingerprint density at radius 2 is 2.15 bits per heavy atom. The number of aliphatic imine (C=N–C) groups is 1. The lowest BCUT2D eigenvalue weighted by Gasteiger charge is -2.14. The molecule has 0 N–H and O–H groups in total. The molecule has 2 aliphatic heterocycles. The highest BCUT2D eigenvalue weighted by Crippen LogP contribution is 2.32. The normalized spacial score (nSPS) is 20.6. The van der Waals surface area contributed by atoms with E-state index in [0.717, 1.165) is 29.6 Å². The van der Waals surface area contributed by atoms with Crippen molar-refractivity contribution in [2.75, 3.05) is 20.2 Å². The first-order chi connectivity index (χ1) is 9.76. The summed E-state index contributed by atoms with van der Waals surface area (Å²) in [6.07, 6.45) is 4.24. The number of thioether (sulfide) groups is 1. The summed E-state index contributed by atoms with van der Waals surface area (Å²) in [6.45, 7) is 2.01. The highest BCUT2D eigenvalue weighted by molar-refractivity contribution is 8.18. The largest absolute Gasteiger partial charge is 0.497 e. The van der Waals surface area contributed by atoms with Crippen molar-refractivity contribution in [1.82, 2.24) is 4.90 Å². The summed E-state index contributed by atoms with van der Waals surface area (Å²) in [5, 5.41) is 0.849. The number of carbonyl (C=O) groups excluding carboxylic acids is 1. The van der Waals surface area contributed by atoms with Gasteiger partial charge in [-0.2, -0.15) is 4.99 Å². The summed E-state index contributed by atoms with van der Waals surface area (Å²) in [4.78, 5) is 19.0. The third kappa shape index (κ3) is 2.72. The number of hydrogen-bond donors (Lipinski definition) is 0. The van der Waals surface area contributed by atoms with E-state index >= 15 is 0 Å². The smallest absolute Gasteiger partial charge is 0.286 e. The molecule has 0 radical (unpaired) electrons. The first kappa shape index (κ1) is 13.2. The zero-order valence-electron chi connectivity index (χ0n) is 11.3. The average Bonchev–Trinajstić information content (AvgIpc) is 3.10. The second-order valence-corrected chi connectivity index (χ2v) is 5.79. The van der Waals surface area contributed by atoms with Crippen LogP contribution in [0.4, 0.5) is 0 Å². The molecule has 1 fully saturated rings. The summed E-state index contributed by atoms with van der Waals surface area (Å²) >= 11 is 1.47. The van der Waals surface area contributed by atoms with Gasteiger partial charge < -0.3 is 9.64 Å². The zero-order chi connectivity index (χ0) is 13.9. The lowest BCUT2D eigenvalue weighted by molar-refractivity contribution is -0.113. The number of likely N-dealkylation sites (tertiary alicyclic amines) is 1. The Labute approximate surface area is 122 Å². The van der Waals surface area contributed by atoms with Gasteiger partial charge in [0.05, 0.1) is 12.0 Å². The van der Waals surface area contributed by atoms with Crippen LogP contribution < -0.4 is 4.74 Å². The molecule has 1 aromatic rings. The van der Waals surface area contributed by atoms with E-state index in [1.165, 1.54) is 24.6 Å². The van der Waals surface area contributed by atoms with Gasteiger partial charge in [-0.3, -0.25) is 4.79 Å². The van der Waals surface area contributed by atoms with Crippen LogP contribution in [-0.2, 0) is 4.79 Å². The van der Waals surface area contributed by atoms with Gasteiger partial charge in [-0.1, -0.05) is 12.1 Å². The monoisotopic (exact) mass is 288 g/mol. The third-order valence-corrected chi connectivity index (χ3v) is 4.42. The van der Waals surface area contributed by atoms with Crippen LogP contribution in [0.25, 0.3) is 6.08 Å². The number of hydrogen-bond acceptors (Lipinski definition) is 4. The Morgan fingerprint density at radius 3 is 2.90 bits per heavy atom. The van der Waals surface area contributed by atoms with Crippen LogP contribution in [0.1, 0.15) is 18.4 Å². The highest BCUT2D eigenvalue weighted by atomic mass is 32.2. The first-order valence-corrected chi connectivity index (χ1v) is 7.49. The number of nitrogens with zero attached hydrogens (tertiary/aromatic N) is 2. The van der Waals surface area contributed by atoms with Crippen molar-refractivity contribution in [2.45, 2.75) is 12.8 Å². The topological polar surface area (TPSA) is 41.9 Å². The molecule has 1 saturated heterocycles. The maximum atomic E-state index is 12.0. The molecule has 1 aromatic carbocycles. The van der Waals surface area contributed by atoms with Crippen LogP contribution in [0.15, 0.2) is 34.2 Å². The molecule has 3 rings (SSSR count). The Morgan fingerprint density at radius 1 is 1.35 bits per heavy atom. The van der Waals surface area contributed by atoms with Crippen molar-refractivity contribution < 1.29 is 9.53 Å². The molecular weight excluding hydrogens is 272 g/mol. The standard InChI is InChI=1S/C15H16N2O2S/c1-19-12-6-4-5-11(9-12)10-13-14(18)16-15(20-13)17-7-2-3-8-17/h4-6,9-10H,2-3,7-8H2,1H3. The maximum absolute atomic E-state index is 12.0. The van der Waals surface area contributed by atoms with Gasteiger partial charge in [-0.05, 0) is 48.4 Å². The zero-order valence-corrected chi connectivity index (χ0v) is 12.2. The van der Waals surface area contributed by atoms with Crippen molar-refractivity contribution in [3.8, 4) is 5.75 Å². The fourth-order valence-corrected chi connectivity index (χ4v) is 3.29. The summed E-state index contributed by atoms with van der Waals surface area (Å²) < 4.78 is 5.19. The number of amidine groups is 1. The first-order valence-electron chi connectivity index (χ1n) is 6.68. The van der Waals surface area contributed by atoms with Crippen LogP contribution in [0.5, 0.6) is 5.75 Å². The summed E-state index contributed by atoms with van der Waals surface area (Å²) in [5.41, 5.74) is 0.957. The predicted octanol–water partition coefficient (Wildman–Crippen LogP) is 2.76. The van der Waals surface area contributed by atoms with Gasteiger partial charge in [-0.15, -0.1) is 0 Å². The van der Waals surface area contributed by atoms with Gasteiger partial charge in [0.1, 0.15) is 5.75 Å². The quantitative estimate of drug-likeness (QED) is 0.785. The third-order valence-electron chi connectivity index (χ3n) is 3.38. The molecule has 0 aliphatic carbocycles. The van der Waals surface area contributed by atoms with Gasteiger partial charge in [0.15, 0.2) is 5.17 Å². The van der Waals surface area contributed by atoms with Crippen LogP contribution in [0.3, 0.4) is 0 Å². The molecule has 0 unspecified atom stereocenters. The maximum Gasteiger partial charge on any atom is 0.286 e. The van der Waals surface area contributed by atoms with E-state index in [4.69, 9.17) is 4.74 Å². The second kappa shape index (κ2) is 5.71. The molecule has 0 bridgehead atoms. The van der Waals surface area contributed by atoms with Crippen LogP contribution >= 0.6 is 11.8 Å². The van der Waals surface area contributed by atoms with E-state index in [0.29, 0.717) is 4.91 Å². The fourth-order valence-electron chi connectivity index (χ4n) is 2.32. The van der Waals surface area contributed by atoms with Gasteiger partial charge >= 0.3 is 0 Å². The molecule has 2 aliphatic rings. The lowest BCUT2D eigenvalue weighted by atomic mass is 10.2. The molecule has 4 nitrogen and oxygen atoms in total. The van der Waals surface area contributed by atoms with E-state index in [1.807, 2.05) is 30.3 Å². The van der Waals surface area contributed by atoms with E-state index in [1.54, 1.807) is 7.11 Å². The molecule has 20 heavy (non-hydrogen) atoms. The number of ether oxygens (including phenoxy) is 1. The molecule has 0 saturated carbocycles. The lowest BCUT2D eigenvalue weighted by Crippen LogP contribution is -2.23. The molecule has 0 aromatic heterocycles. The summed E-state index contributed by atoms with van der Waals surface area (Å²) in [5.74, 6) is 0.648. The molecule has 0 spiro atoms. The van der Waals surface area contributed by atoms with E-state index in [9.17, 15) is 4.79 Å². The fraction of sp³-hybridized carbons (Fsp3) is 0.333. The number of rotatable bonds is 2. The van der Waals surface area contributed by atoms with Crippen molar-refractivity contribution in [3.63, 3.8) is 0 Å². The number of benzene rings is 1. The van der Waals surface area contributed by atoms with E-state index in [2.05, 4.69) is 9.89 Å². The van der Waals surface area contributed by atoms with Gasteiger partial charge in [0.25, 0.3) is 5.91 Å². The summed E-state index contributed by atoms with van der Waals surface area (Å²) in [7, 11) is 1.64. The van der Waals surface area contributed by atoms with E-state index < -0.39 is 0 Å². The molecule has 104 valence electrons. The highest BCUT2D eigenvalue weighted by Gasteiger charge is 2.27. The minimum Gasteiger partial charge on any atom is -0.497 e. The van der Waals surface area contributed by atoms with Crippen LogP contribution in [-0.4, -0.2) is 36.2 Å². The summed E-state index contributed by atoms with van der Waals surface area (Å²) in [6, 6.07) is 7.67. The number of amides is 1. The Bertz CT molecular complexity index is 589. The average molecular weight is 288 g/mol. The van der Waals surface area contributed by atoms with Crippen molar-refractivity contribution >= 4 is 28.9 Å². The van der Waals surface area contributed by atoms with Gasteiger partial charge in [-0.25, -0.2) is 0 Å². The minimum atomic E-state index is -0.139. The van der Waals surface area contributed by atoms with Crippen molar-refractivity contribution in [1.29, 1.82) is 0 Å². The minimum absolute atomic E-state index is 0.139. The molecule has 5 heteroatoms.